The van der Waals surface area contributed by atoms with Crippen LogP contribution in [0.2, 0.25) is 0 Å². The molecule has 16 heavy (non-hydrogen) atoms. The molecule has 2 rings (SSSR count). The zero-order chi connectivity index (χ0) is 11.9. The molecule has 0 aromatic carbocycles. The topological polar surface area (TPSA) is 62.1 Å². The summed E-state index contributed by atoms with van der Waals surface area (Å²) in [7, 11) is 0. The van der Waals surface area contributed by atoms with Crippen molar-refractivity contribution >= 4 is 12.3 Å². The smallest absolute Gasteiger partial charge is 0.411 e. The number of nitrogens with zero attached hydrogens (tertiary/aromatic N) is 2. The minimum absolute atomic E-state index is 0.108. The van der Waals surface area contributed by atoms with Gasteiger partial charge in [-0.3, -0.25) is 4.90 Å². The van der Waals surface area contributed by atoms with E-state index in [4.69, 9.17) is 9.94 Å². The third kappa shape index (κ3) is 2.13. The lowest BCUT2D eigenvalue weighted by molar-refractivity contribution is 0.0232. The molecule has 0 radical (unpaired) electrons. The highest BCUT2D eigenvalue weighted by Gasteiger charge is 2.54. The Morgan fingerprint density at radius 2 is 2.19 bits per heavy atom. The highest BCUT2D eigenvalue weighted by molar-refractivity contribution is 5.77. The van der Waals surface area contributed by atoms with Crippen LogP contribution in [0.1, 0.15) is 33.6 Å². The second kappa shape index (κ2) is 3.64. The van der Waals surface area contributed by atoms with Crippen LogP contribution in [0.3, 0.4) is 0 Å². The maximum atomic E-state index is 11.9. The lowest BCUT2D eigenvalue weighted by Crippen LogP contribution is -2.42. The van der Waals surface area contributed by atoms with Crippen LogP contribution >= 0.6 is 0 Å². The minimum atomic E-state index is -0.481. The van der Waals surface area contributed by atoms with E-state index in [2.05, 4.69) is 5.16 Å². The average Bonchev–Trinajstić information content (AvgIpc) is 2.75. The largest absolute Gasteiger partial charge is 0.444 e. The van der Waals surface area contributed by atoms with Crippen LogP contribution in [0.25, 0.3) is 0 Å². The average molecular weight is 226 g/mol. The highest BCUT2D eigenvalue weighted by atomic mass is 16.6. The molecule has 1 amide bonds. The molecule has 3 atom stereocenters. The summed E-state index contributed by atoms with van der Waals surface area (Å²) in [5.74, 6) is 0.565. The molecule has 0 unspecified atom stereocenters. The fraction of sp³-hybridized carbons (Fsp3) is 0.818. The van der Waals surface area contributed by atoms with Gasteiger partial charge in [-0.05, 0) is 39.5 Å². The van der Waals surface area contributed by atoms with Gasteiger partial charge < -0.3 is 9.94 Å². The fourth-order valence-electron chi connectivity index (χ4n) is 2.29. The Morgan fingerprint density at radius 1 is 1.50 bits per heavy atom. The Labute approximate surface area is 95.1 Å². The molecule has 90 valence electrons. The Morgan fingerprint density at radius 3 is 2.75 bits per heavy atom. The summed E-state index contributed by atoms with van der Waals surface area (Å²) in [5.41, 5.74) is -0.481. The van der Waals surface area contributed by atoms with Crippen molar-refractivity contribution in [2.45, 2.75) is 51.3 Å². The van der Waals surface area contributed by atoms with E-state index >= 15 is 0 Å². The Bertz CT molecular complexity index is 322. The quantitative estimate of drug-likeness (QED) is 0.421. The molecule has 5 nitrogen and oxygen atoms in total. The number of ether oxygens (including phenoxy) is 1. The monoisotopic (exact) mass is 226 g/mol. The maximum Gasteiger partial charge on any atom is 0.411 e. The van der Waals surface area contributed by atoms with E-state index in [-0.39, 0.29) is 18.2 Å². The van der Waals surface area contributed by atoms with Gasteiger partial charge in [-0.25, -0.2) is 4.79 Å². The van der Waals surface area contributed by atoms with Crippen LogP contribution in [0.4, 0.5) is 4.79 Å². The van der Waals surface area contributed by atoms with Crippen molar-refractivity contribution in [1.29, 1.82) is 0 Å². The molecular weight excluding hydrogens is 208 g/mol. The number of amides is 1. The number of rotatable bonds is 1. The molecule has 0 aromatic rings. The zero-order valence-electron chi connectivity index (χ0n) is 9.88. The molecule has 1 saturated carbocycles. The zero-order valence-corrected chi connectivity index (χ0v) is 9.88. The standard InChI is InChI=1S/C11H18N2O3/c1-11(2,3)16-10(14)13-8(6-12-15)4-7-5-9(7)13/h6-9,15H,4-5H2,1-3H3/t7-,8+,9+/m0/s1. The first-order chi connectivity index (χ1) is 7.42. The SMILES string of the molecule is CC(C)(C)OC(=O)N1[C@@H]2C[C@@H]2C[C@@H]1C=NO. The molecule has 5 heteroatoms. The maximum absolute atomic E-state index is 11.9. The van der Waals surface area contributed by atoms with Gasteiger partial charge in [-0.1, -0.05) is 5.16 Å². The molecule has 1 heterocycles. The number of piperidine rings is 1. The summed E-state index contributed by atoms with van der Waals surface area (Å²) in [6.45, 7) is 5.54. The Kier molecular flexibility index (Phi) is 2.56. The number of hydrogen-bond donors (Lipinski definition) is 1. The van der Waals surface area contributed by atoms with Crippen molar-refractivity contribution in [3.8, 4) is 0 Å². The summed E-state index contributed by atoms with van der Waals surface area (Å²) in [6, 6.07) is 0.182. The van der Waals surface area contributed by atoms with Crippen LogP contribution in [0.5, 0.6) is 0 Å². The summed E-state index contributed by atoms with van der Waals surface area (Å²) in [5, 5.41) is 11.6. The van der Waals surface area contributed by atoms with Gasteiger partial charge in [0, 0.05) is 6.04 Å². The molecule has 0 bridgehead atoms. The normalized spacial score (nSPS) is 32.9. The van der Waals surface area contributed by atoms with E-state index in [9.17, 15) is 4.79 Å². The van der Waals surface area contributed by atoms with Crippen molar-refractivity contribution < 1.29 is 14.7 Å². The van der Waals surface area contributed by atoms with Crippen molar-refractivity contribution in [3.63, 3.8) is 0 Å². The van der Waals surface area contributed by atoms with E-state index in [1.165, 1.54) is 6.21 Å². The summed E-state index contributed by atoms with van der Waals surface area (Å²) < 4.78 is 5.34. The number of hydrogen-bond acceptors (Lipinski definition) is 4. The van der Waals surface area contributed by atoms with Gasteiger partial charge in [0.1, 0.15) is 5.60 Å². The van der Waals surface area contributed by atoms with E-state index < -0.39 is 5.60 Å². The van der Waals surface area contributed by atoms with Gasteiger partial charge in [-0.2, -0.15) is 0 Å². The van der Waals surface area contributed by atoms with E-state index in [1.54, 1.807) is 4.90 Å². The minimum Gasteiger partial charge on any atom is -0.444 e. The number of fused-ring (bicyclic) bond motifs is 1. The van der Waals surface area contributed by atoms with E-state index in [0.717, 1.165) is 12.8 Å². The second-order valence-electron chi connectivity index (χ2n) is 5.52. The predicted octanol–water partition coefficient (Wildman–Crippen LogP) is 1.84. The number of carbonyl (C=O) groups excluding carboxylic acids is 1. The predicted molar refractivity (Wildman–Crippen MR) is 58.7 cm³/mol. The first-order valence-electron chi connectivity index (χ1n) is 5.61. The van der Waals surface area contributed by atoms with Crippen LogP contribution in [0.15, 0.2) is 5.16 Å². The first-order valence-corrected chi connectivity index (χ1v) is 5.61. The van der Waals surface area contributed by atoms with E-state index in [1.807, 2.05) is 20.8 Å². The lowest BCUT2D eigenvalue weighted by atomic mass is 10.2. The second-order valence-corrected chi connectivity index (χ2v) is 5.52. The van der Waals surface area contributed by atoms with Gasteiger partial charge in [-0.15, -0.1) is 0 Å². The Balaban J connectivity index is 2.04. The van der Waals surface area contributed by atoms with Gasteiger partial charge in [0.2, 0.25) is 0 Å². The van der Waals surface area contributed by atoms with E-state index in [0.29, 0.717) is 5.92 Å². The lowest BCUT2D eigenvalue weighted by Gasteiger charge is -2.28. The molecular formula is C11H18N2O3. The molecule has 1 aliphatic heterocycles. The van der Waals surface area contributed by atoms with Crippen molar-refractivity contribution in [3.05, 3.63) is 0 Å². The van der Waals surface area contributed by atoms with Crippen molar-refractivity contribution in [2.75, 3.05) is 0 Å². The summed E-state index contributed by atoms with van der Waals surface area (Å²) in [4.78, 5) is 13.6. The molecule has 2 aliphatic rings. The first kappa shape index (κ1) is 11.2. The van der Waals surface area contributed by atoms with Crippen molar-refractivity contribution in [1.82, 2.24) is 4.90 Å². The molecule has 0 spiro atoms. The molecule has 1 N–H and O–H groups in total. The van der Waals surface area contributed by atoms with Crippen LogP contribution in [-0.4, -0.2) is 40.1 Å². The molecule has 1 aliphatic carbocycles. The third-order valence-electron chi connectivity index (χ3n) is 2.99. The fourth-order valence-corrected chi connectivity index (χ4v) is 2.29. The third-order valence-corrected chi connectivity index (χ3v) is 2.99. The van der Waals surface area contributed by atoms with Crippen molar-refractivity contribution in [2.24, 2.45) is 11.1 Å². The molecule has 1 saturated heterocycles. The van der Waals surface area contributed by atoms with Gasteiger partial charge in [0.05, 0.1) is 12.3 Å². The molecule has 0 aromatic heterocycles. The van der Waals surface area contributed by atoms with Gasteiger partial charge >= 0.3 is 6.09 Å². The number of carbonyl (C=O) groups is 1. The number of oxime groups is 1. The van der Waals surface area contributed by atoms with Gasteiger partial charge in [0.25, 0.3) is 0 Å². The number of likely N-dealkylation sites (tertiary alicyclic amines) is 1. The Hall–Kier alpha value is -1.26. The molecule has 2 fully saturated rings. The summed E-state index contributed by atoms with van der Waals surface area (Å²) in [6.07, 6.45) is 3.04. The van der Waals surface area contributed by atoms with Crippen LogP contribution in [0, 0.1) is 5.92 Å². The van der Waals surface area contributed by atoms with Gasteiger partial charge in [0.15, 0.2) is 0 Å². The summed E-state index contributed by atoms with van der Waals surface area (Å²) >= 11 is 0. The van der Waals surface area contributed by atoms with Crippen LogP contribution < -0.4 is 0 Å². The highest BCUT2D eigenvalue weighted by Crippen LogP contribution is 2.47. The van der Waals surface area contributed by atoms with Crippen LogP contribution in [-0.2, 0) is 4.74 Å².